The van der Waals surface area contributed by atoms with Crippen LogP contribution in [0.1, 0.15) is 45.2 Å². The molecule has 0 fully saturated rings. The Morgan fingerprint density at radius 3 is 2.44 bits per heavy atom. The molecule has 0 radical (unpaired) electrons. The van der Waals surface area contributed by atoms with Gasteiger partial charge in [-0.1, -0.05) is 44.2 Å². The van der Waals surface area contributed by atoms with Gasteiger partial charge < -0.3 is 10.2 Å². The van der Waals surface area contributed by atoms with Crippen LogP contribution >= 0.6 is 0 Å². The van der Waals surface area contributed by atoms with Crippen LogP contribution < -0.4 is 0 Å². The first kappa shape index (κ1) is 20.8. The first-order valence-electron chi connectivity index (χ1n) is 9.09. The molecule has 1 aromatic rings. The Labute approximate surface area is 160 Å². The molecule has 144 valence electrons. The summed E-state index contributed by atoms with van der Waals surface area (Å²) >= 11 is 0. The summed E-state index contributed by atoms with van der Waals surface area (Å²) in [5.41, 5.74) is 1.94. The summed E-state index contributed by atoms with van der Waals surface area (Å²) in [5.74, 6) is -0.980. The van der Waals surface area contributed by atoms with Crippen molar-refractivity contribution < 1.29 is 19.8 Å². The number of carboxylic acid groups (broad SMARTS) is 1. The predicted octanol–water partition coefficient (Wildman–Crippen LogP) is 4.17. The summed E-state index contributed by atoms with van der Waals surface area (Å²) < 4.78 is 0. The lowest BCUT2D eigenvalue weighted by Crippen LogP contribution is -2.49. The van der Waals surface area contributed by atoms with Crippen LogP contribution in [0.25, 0.3) is 0 Å². The van der Waals surface area contributed by atoms with E-state index in [4.69, 9.17) is 5.11 Å². The van der Waals surface area contributed by atoms with Gasteiger partial charge in [0.1, 0.15) is 5.60 Å². The Balaban J connectivity index is 2.52. The van der Waals surface area contributed by atoms with Crippen molar-refractivity contribution in [2.24, 2.45) is 5.41 Å². The standard InChI is InChI=1S/C23H28O4/c1-15(12-21(25)26)10-11-23(27)17(3)19(20(24)14-22(23,4)5)13-18-9-7-6-8-16(18)2/h6-12,27H,13-14H2,1-5H3,(H,25,26)/b11-10+,15-12-/t23-/m0/s1. The topological polar surface area (TPSA) is 74.6 Å². The number of carbonyl (C=O) groups is 2. The van der Waals surface area contributed by atoms with Gasteiger partial charge in [-0.15, -0.1) is 0 Å². The van der Waals surface area contributed by atoms with E-state index in [1.807, 2.05) is 45.0 Å². The van der Waals surface area contributed by atoms with E-state index < -0.39 is 17.0 Å². The second-order valence-electron chi connectivity index (χ2n) is 8.02. The molecule has 2 rings (SSSR count). The van der Waals surface area contributed by atoms with Crippen LogP contribution in [0.3, 0.4) is 0 Å². The van der Waals surface area contributed by atoms with Gasteiger partial charge in [-0.25, -0.2) is 4.79 Å². The van der Waals surface area contributed by atoms with Crippen molar-refractivity contribution in [3.05, 3.63) is 70.3 Å². The highest BCUT2D eigenvalue weighted by Gasteiger charge is 2.49. The molecular weight excluding hydrogens is 340 g/mol. The molecule has 1 aromatic carbocycles. The van der Waals surface area contributed by atoms with E-state index in [0.29, 0.717) is 23.1 Å². The Morgan fingerprint density at radius 1 is 1.22 bits per heavy atom. The fraction of sp³-hybridized carbons (Fsp3) is 0.391. The minimum absolute atomic E-state index is 0.0524. The summed E-state index contributed by atoms with van der Waals surface area (Å²) in [7, 11) is 0. The van der Waals surface area contributed by atoms with Gasteiger partial charge in [0.05, 0.1) is 0 Å². The fourth-order valence-corrected chi connectivity index (χ4v) is 3.67. The van der Waals surface area contributed by atoms with Gasteiger partial charge in [-0.2, -0.15) is 0 Å². The third-order valence-corrected chi connectivity index (χ3v) is 5.56. The number of aliphatic carboxylic acids is 1. The number of hydrogen-bond donors (Lipinski definition) is 2. The third kappa shape index (κ3) is 4.28. The zero-order valence-electron chi connectivity index (χ0n) is 16.7. The van der Waals surface area contributed by atoms with Gasteiger partial charge in [-0.3, -0.25) is 4.79 Å². The molecular formula is C23H28O4. The monoisotopic (exact) mass is 368 g/mol. The molecule has 0 saturated heterocycles. The normalized spacial score (nSPS) is 23.2. The van der Waals surface area contributed by atoms with E-state index in [1.54, 1.807) is 26.0 Å². The highest BCUT2D eigenvalue weighted by Crippen LogP contribution is 2.47. The molecule has 0 saturated carbocycles. The molecule has 1 aliphatic rings. The second-order valence-corrected chi connectivity index (χ2v) is 8.02. The number of allylic oxidation sites excluding steroid dienone is 3. The summed E-state index contributed by atoms with van der Waals surface area (Å²) in [5, 5.41) is 20.4. The lowest BCUT2D eigenvalue weighted by molar-refractivity contribution is -0.131. The first-order valence-corrected chi connectivity index (χ1v) is 9.09. The SMILES string of the molecule is CC1=C(Cc2ccccc2C)C(=O)CC(C)(C)[C@]1(O)/C=C/C(C)=C\C(=O)O. The third-order valence-electron chi connectivity index (χ3n) is 5.56. The number of hydrogen-bond acceptors (Lipinski definition) is 3. The molecule has 27 heavy (non-hydrogen) atoms. The molecule has 0 unspecified atom stereocenters. The molecule has 0 spiro atoms. The van der Waals surface area contributed by atoms with E-state index in [9.17, 15) is 14.7 Å². The van der Waals surface area contributed by atoms with Gasteiger partial charge in [-0.05, 0) is 49.1 Å². The van der Waals surface area contributed by atoms with Crippen LogP contribution in [0.5, 0.6) is 0 Å². The number of rotatable bonds is 5. The molecule has 0 aliphatic heterocycles. The van der Waals surface area contributed by atoms with Crippen molar-refractivity contribution in [1.82, 2.24) is 0 Å². The lowest BCUT2D eigenvalue weighted by Gasteiger charge is -2.46. The van der Waals surface area contributed by atoms with Gasteiger partial charge >= 0.3 is 5.97 Å². The number of aryl methyl sites for hydroxylation is 1. The zero-order valence-corrected chi connectivity index (χ0v) is 16.7. The van der Waals surface area contributed by atoms with Gasteiger partial charge in [0.2, 0.25) is 0 Å². The van der Waals surface area contributed by atoms with Crippen molar-refractivity contribution in [2.45, 2.75) is 53.1 Å². The van der Waals surface area contributed by atoms with E-state index >= 15 is 0 Å². The number of benzene rings is 1. The summed E-state index contributed by atoms with van der Waals surface area (Å²) in [4.78, 5) is 23.7. The second kappa shape index (κ2) is 7.65. The van der Waals surface area contributed by atoms with Crippen molar-refractivity contribution >= 4 is 11.8 Å². The molecule has 1 aliphatic carbocycles. The van der Waals surface area contributed by atoms with E-state index in [2.05, 4.69) is 0 Å². The van der Waals surface area contributed by atoms with Gasteiger partial charge in [0.15, 0.2) is 5.78 Å². The quantitative estimate of drug-likeness (QED) is 0.604. The Morgan fingerprint density at radius 2 is 1.85 bits per heavy atom. The lowest BCUT2D eigenvalue weighted by atomic mass is 9.62. The molecule has 4 heteroatoms. The minimum atomic E-state index is -1.33. The fourth-order valence-electron chi connectivity index (χ4n) is 3.67. The molecule has 0 heterocycles. The van der Waals surface area contributed by atoms with E-state index in [0.717, 1.165) is 17.2 Å². The predicted molar refractivity (Wildman–Crippen MR) is 106 cm³/mol. The van der Waals surface area contributed by atoms with Crippen molar-refractivity contribution in [3.8, 4) is 0 Å². The summed E-state index contributed by atoms with van der Waals surface area (Å²) in [6, 6.07) is 7.91. The molecule has 0 aromatic heterocycles. The van der Waals surface area contributed by atoms with Crippen LogP contribution in [-0.4, -0.2) is 27.6 Å². The Hall–Kier alpha value is -2.46. The maximum Gasteiger partial charge on any atom is 0.328 e. The Bertz CT molecular complexity index is 855. The van der Waals surface area contributed by atoms with Crippen LogP contribution in [0, 0.1) is 12.3 Å². The number of carbonyl (C=O) groups excluding carboxylic acids is 1. The Kier molecular flexibility index (Phi) is 5.91. The molecule has 1 atom stereocenters. The zero-order chi connectivity index (χ0) is 20.4. The highest BCUT2D eigenvalue weighted by atomic mass is 16.4. The van der Waals surface area contributed by atoms with Gasteiger partial charge in [0, 0.05) is 29.9 Å². The van der Waals surface area contributed by atoms with Crippen molar-refractivity contribution in [3.63, 3.8) is 0 Å². The van der Waals surface area contributed by atoms with E-state index in [1.165, 1.54) is 0 Å². The summed E-state index contributed by atoms with van der Waals surface area (Å²) in [6.45, 7) is 9.20. The van der Waals surface area contributed by atoms with E-state index in [-0.39, 0.29) is 12.2 Å². The maximum atomic E-state index is 12.8. The molecule has 0 bridgehead atoms. The van der Waals surface area contributed by atoms with Crippen LogP contribution in [0.4, 0.5) is 0 Å². The highest BCUT2D eigenvalue weighted by molar-refractivity contribution is 5.99. The summed E-state index contributed by atoms with van der Waals surface area (Å²) in [6.07, 6.45) is 5.04. The number of Topliss-reactive ketones (excluding diaryl/α,β-unsaturated/α-hetero) is 1. The van der Waals surface area contributed by atoms with Gasteiger partial charge in [0.25, 0.3) is 0 Å². The number of carboxylic acids is 1. The first-order chi connectivity index (χ1) is 12.5. The largest absolute Gasteiger partial charge is 0.478 e. The van der Waals surface area contributed by atoms with Crippen LogP contribution in [0.2, 0.25) is 0 Å². The maximum absolute atomic E-state index is 12.8. The van der Waals surface area contributed by atoms with Crippen LogP contribution in [0.15, 0.2) is 59.2 Å². The molecule has 4 nitrogen and oxygen atoms in total. The average Bonchev–Trinajstić information content (AvgIpc) is 2.56. The van der Waals surface area contributed by atoms with Crippen LogP contribution in [-0.2, 0) is 16.0 Å². The van der Waals surface area contributed by atoms with Crippen molar-refractivity contribution in [1.29, 1.82) is 0 Å². The number of ketones is 1. The molecule has 0 amide bonds. The number of aliphatic hydroxyl groups is 1. The average molecular weight is 368 g/mol. The smallest absolute Gasteiger partial charge is 0.328 e. The molecule has 2 N–H and O–H groups in total. The minimum Gasteiger partial charge on any atom is -0.478 e. The van der Waals surface area contributed by atoms with Crippen molar-refractivity contribution in [2.75, 3.05) is 0 Å².